The second kappa shape index (κ2) is 9.51. The fourth-order valence-electron chi connectivity index (χ4n) is 3.75. The number of carbonyl (C=O) groups is 2. The highest BCUT2D eigenvalue weighted by molar-refractivity contribution is 7.99. The minimum atomic E-state index is -0.347. The van der Waals surface area contributed by atoms with Crippen LogP contribution in [-0.2, 0) is 10.2 Å². The summed E-state index contributed by atoms with van der Waals surface area (Å²) in [6, 6.07) is 7.84. The predicted octanol–water partition coefficient (Wildman–Crippen LogP) is 3.13. The fourth-order valence-corrected chi connectivity index (χ4v) is 4.89. The van der Waals surface area contributed by atoms with E-state index >= 15 is 0 Å². The van der Waals surface area contributed by atoms with Crippen molar-refractivity contribution in [2.45, 2.75) is 51.1 Å². The molecule has 0 radical (unpaired) electrons. The van der Waals surface area contributed by atoms with Crippen LogP contribution in [0, 0.1) is 0 Å². The first-order valence-corrected chi connectivity index (χ1v) is 10.9. The van der Waals surface area contributed by atoms with Crippen LogP contribution in [0.15, 0.2) is 24.3 Å². The van der Waals surface area contributed by atoms with Crippen LogP contribution in [0.4, 0.5) is 0 Å². The molecule has 2 fully saturated rings. The summed E-state index contributed by atoms with van der Waals surface area (Å²) in [5.41, 5.74) is 1.92. The number of likely N-dealkylation sites (tertiary alicyclic amines) is 1. The lowest BCUT2D eigenvalue weighted by Crippen LogP contribution is -2.54. The summed E-state index contributed by atoms with van der Waals surface area (Å²) in [4.78, 5) is 29.8. The number of nitrogens with one attached hydrogen (secondary N) is 1. The van der Waals surface area contributed by atoms with Crippen molar-refractivity contribution in [1.82, 2.24) is 15.1 Å². The third-order valence-electron chi connectivity index (χ3n) is 5.57. The van der Waals surface area contributed by atoms with E-state index in [1.54, 1.807) is 16.7 Å². The van der Waals surface area contributed by atoms with Gasteiger partial charge in [0.25, 0.3) is 5.91 Å². The van der Waals surface area contributed by atoms with E-state index in [0.717, 1.165) is 25.9 Å². The maximum Gasteiger partial charge on any atom is 0.255 e. The van der Waals surface area contributed by atoms with Crippen LogP contribution < -0.4 is 5.32 Å². The number of amides is 2. The summed E-state index contributed by atoms with van der Waals surface area (Å²) in [6.45, 7) is 8.01. The van der Waals surface area contributed by atoms with Crippen LogP contribution in [0.1, 0.15) is 49.5 Å². The van der Waals surface area contributed by atoms with E-state index in [0.29, 0.717) is 23.2 Å². The molecule has 7 heteroatoms. The Morgan fingerprint density at radius 2 is 1.86 bits per heavy atom. The zero-order valence-electron chi connectivity index (χ0n) is 17.2. The summed E-state index contributed by atoms with van der Waals surface area (Å²) in [5.74, 6) is 1.32. The lowest BCUT2D eigenvalue weighted by Gasteiger charge is -2.35. The number of nitrogens with zero attached hydrogens (tertiary/aromatic N) is 2. The molecule has 5 nitrogen and oxygen atoms in total. The number of benzene rings is 1. The highest BCUT2D eigenvalue weighted by Gasteiger charge is 2.38. The molecule has 2 heterocycles. The van der Waals surface area contributed by atoms with Gasteiger partial charge < -0.3 is 15.1 Å². The van der Waals surface area contributed by atoms with Gasteiger partial charge in [-0.1, -0.05) is 32.9 Å². The maximum absolute atomic E-state index is 13.1. The first-order valence-electron chi connectivity index (χ1n) is 9.76. The maximum atomic E-state index is 13.1. The summed E-state index contributed by atoms with van der Waals surface area (Å²) in [7, 11) is 1.95. The second-order valence-corrected chi connectivity index (χ2v) is 9.53. The van der Waals surface area contributed by atoms with Crippen molar-refractivity contribution in [1.29, 1.82) is 0 Å². The Labute approximate surface area is 179 Å². The Balaban J connectivity index is 0.00000280. The average molecular weight is 426 g/mol. The molecule has 1 aromatic rings. The molecule has 1 aromatic carbocycles. The van der Waals surface area contributed by atoms with Gasteiger partial charge in [0, 0.05) is 30.4 Å². The molecule has 2 amide bonds. The minimum absolute atomic E-state index is 0. The van der Waals surface area contributed by atoms with Crippen molar-refractivity contribution < 1.29 is 9.59 Å². The van der Waals surface area contributed by atoms with Gasteiger partial charge in [-0.2, -0.15) is 0 Å². The van der Waals surface area contributed by atoms with Crippen LogP contribution in [0.3, 0.4) is 0 Å². The van der Waals surface area contributed by atoms with Crippen LogP contribution in [-0.4, -0.2) is 65.5 Å². The number of hydrogen-bond acceptors (Lipinski definition) is 4. The van der Waals surface area contributed by atoms with E-state index in [4.69, 9.17) is 0 Å². The third kappa shape index (κ3) is 5.02. The van der Waals surface area contributed by atoms with Gasteiger partial charge >= 0.3 is 0 Å². The molecule has 2 atom stereocenters. The van der Waals surface area contributed by atoms with E-state index in [1.807, 2.05) is 36.2 Å². The largest absolute Gasteiger partial charge is 0.339 e. The predicted molar refractivity (Wildman–Crippen MR) is 118 cm³/mol. The Bertz CT molecular complexity index is 690. The summed E-state index contributed by atoms with van der Waals surface area (Å²) in [5, 5.41) is 3.28. The SMILES string of the molecule is CNC1CCCN(C(=O)C2CSCN2C(=O)c2ccc(C(C)(C)C)cc2)C1.Cl. The molecule has 28 heavy (non-hydrogen) atoms. The lowest BCUT2D eigenvalue weighted by atomic mass is 9.86. The van der Waals surface area contributed by atoms with E-state index in [9.17, 15) is 9.59 Å². The van der Waals surface area contributed by atoms with Gasteiger partial charge in [-0.3, -0.25) is 9.59 Å². The van der Waals surface area contributed by atoms with Crippen LogP contribution in [0.5, 0.6) is 0 Å². The first-order chi connectivity index (χ1) is 12.8. The number of piperidine rings is 1. The van der Waals surface area contributed by atoms with Gasteiger partial charge in [-0.05, 0) is 43.0 Å². The van der Waals surface area contributed by atoms with E-state index < -0.39 is 0 Å². The zero-order chi connectivity index (χ0) is 19.6. The molecule has 2 aliphatic heterocycles. The van der Waals surface area contributed by atoms with Crippen LogP contribution in [0.25, 0.3) is 0 Å². The molecule has 2 unspecified atom stereocenters. The van der Waals surface area contributed by atoms with Crippen molar-refractivity contribution in [3.63, 3.8) is 0 Å². The van der Waals surface area contributed by atoms with Gasteiger partial charge in [0.15, 0.2) is 0 Å². The summed E-state index contributed by atoms with van der Waals surface area (Å²) < 4.78 is 0. The highest BCUT2D eigenvalue weighted by Crippen LogP contribution is 2.27. The Morgan fingerprint density at radius 3 is 2.46 bits per heavy atom. The third-order valence-corrected chi connectivity index (χ3v) is 6.58. The second-order valence-electron chi connectivity index (χ2n) is 8.53. The Kier molecular flexibility index (Phi) is 7.82. The smallest absolute Gasteiger partial charge is 0.255 e. The molecule has 2 aliphatic rings. The molecule has 1 N–H and O–H groups in total. The molecule has 0 aromatic heterocycles. The number of carbonyl (C=O) groups excluding carboxylic acids is 2. The molecule has 2 saturated heterocycles. The normalized spacial score (nSPS) is 22.7. The molecule has 156 valence electrons. The monoisotopic (exact) mass is 425 g/mol. The van der Waals surface area contributed by atoms with E-state index in [1.165, 1.54) is 5.56 Å². The minimum Gasteiger partial charge on any atom is -0.339 e. The Morgan fingerprint density at radius 1 is 1.18 bits per heavy atom. The van der Waals surface area contributed by atoms with Gasteiger partial charge in [0.05, 0.1) is 5.88 Å². The van der Waals surface area contributed by atoms with Crippen molar-refractivity contribution in [3.05, 3.63) is 35.4 Å². The number of likely N-dealkylation sites (N-methyl/N-ethyl adjacent to an activating group) is 1. The van der Waals surface area contributed by atoms with Crippen molar-refractivity contribution in [3.8, 4) is 0 Å². The van der Waals surface area contributed by atoms with Crippen LogP contribution in [0.2, 0.25) is 0 Å². The number of rotatable bonds is 3. The molecule has 0 aliphatic carbocycles. The average Bonchev–Trinajstić information content (AvgIpc) is 3.16. The highest BCUT2D eigenvalue weighted by atomic mass is 35.5. The first kappa shape index (κ1) is 23.0. The topological polar surface area (TPSA) is 52.7 Å². The molecule has 0 saturated carbocycles. The summed E-state index contributed by atoms with van der Waals surface area (Å²) in [6.07, 6.45) is 2.11. The van der Waals surface area contributed by atoms with E-state index in [-0.39, 0.29) is 35.7 Å². The lowest BCUT2D eigenvalue weighted by molar-refractivity contribution is -0.136. The van der Waals surface area contributed by atoms with Crippen molar-refractivity contribution in [2.75, 3.05) is 31.8 Å². The van der Waals surface area contributed by atoms with Gasteiger partial charge in [-0.15, -0.1) is 24.2 Å². The fraction of sp³-hybridized carbons (Fsp3) is 0.619. The number of hydrogen-bond donors (Lipinski definition) is 1. The standard InChI is InChI=1S/C21H31N3O2S.ClH/c1-21(2,3)16-9-7-15(8-10-16)19(25)24-14-27-13-18(24)20(26)23-11-5-6-17(12-23)22-4;/h7-10,17-18,22H,5-6,11-14H2,1-4H3;1H. The molecular formula is C21H32ClN3O2S. The number of thioether (sulfide) groups is 1. The van der Waals surface area contributed by atoms with Gasteiger partial charge in [-0.25, -0.2) is 0 Å². The van der Waals surface area contributed by atoms with Crippen molar-refractivity contribution >= 4 is 36.0 Å². The number of halogens is 1. The molecule has 0 spiro atoms. The quantitative estimate of drug-likeness (QED) is 0.808. The van der Waals surface area contributed by atoms with Gasteiger partial charge in [0.2, 0.25) is 5.91 Å². The Hall–Kier alpha value is -1.24. The molecular weight excluding hydrogens is 394 g/mol. The zero-order valence-corrected chi connectivity index (χ0v) is 18.9. The molecule has 0 bridgehead atoms. The van der Waals surface area contributed by atoms with Crippen LogP contribution >= 0.6 is 24.2 Å². The molecule has 3 rings (SSSR count). The van der Waals surface area contributed by atoms with Gasteiger partial charge in [0.1, 0.15) is 6.04 Å². The summed E-state index contributed by atoms with van der Waals surface area (Å²) >= 11 is 1.66. The van der Waals surface area contributed by atoms with Crippen molar-refractivity contribution in [2.24, 2.45) is 0 Å². The van der Waals surface area contributed by atoms with E-state index in [2.05, 4.69) is 26.1 Å².